The summed E-state index contributed by atoms with van der Waals surface area (Å²) in [5.74, 6) is -0.935. The van der Waals surface area contributed by atoms with Crippen LogP contribution in [0.1, 0.15) is 26.7 Å². The molecule has 144 valence electrons. The molecule has 0 rings (SSSR count). The summed E-state index contributed by atoms with van der Waals surface area (Å²) in [5.41, 5.74) is 0.176. The fourth-order valence-electron chi connectivity index (χ4n) is 1.10. The smallest absolute Gasteiger partial charge is 0.330 e. The minimum Gasteiger partial charge on any atom is -0.478 e. The van der Waals surface area contributed by atoms with Crippen LogP contribution in [0.5, 0.6) is 0 Å². The van der Waals surface area contributed by atoms with Gasteiger partial charge < -0.3 is 34.3 Å². The van der Waals surface area contributed by atoms with Crippen molar-refractivity contribution in [3.8, 4) is 0 Å². The van der Waals surface area contributed by atoms with Crippen LogP contribution in [-0.4, -0.2) is 80.4 Å². The van der Waals surface area contributed by atoms with Crippen LogP contribution in [0.2, 0.25) is 0 Å². The van der Waals surface area contributed by atoms with Crippen molar-refractivity contribution in [1.29, 1.82) is 0 Å². The van der Waals surface area contributed by atoms with E-state index in [0.29, 0.717) is 39.6 Å². The van der Waals surface area contributed by atoms with E-state index < -0.39 is 12.3 Å². The zero-order chi connectivity index (χ0) is 18.6. The van der Waals surface area contributed by atoms with Gasteiger partial charge in [-0.15, -0.1) is 0 Å². The molecule has 0 heterocycles. The molecular weight excluding hydrogens is 320 g/mol. The summed E-state index contributed by atoms with van der Waals surface area (Å²) >= 11 is 0. The minimum absolute atomic E-state index is 0.0268. The molecule has 0 aliphatic rings. The van der Waals surface area contributed by atoms with Crippen LogP contribution in [0.3, 0.4) is 0 Å². The van der Waals surface area contributed by atoms with Crippen molar-refractivity contribution in [3.63, 3.8) is 0 Å². The van der Waals surface area contributed by atoms with E-state index in [1.807, 2.05) is 0 Å². The van der Waals surface area contributed by atoms with Gasteiger partial charge >= 0.3 is 5.97 Å². The third kappa shape index (κ3) is 23.2. The van der Waals surface area contributed by atoms with E-state index in [1.165, 1.54) is 6.92 Å². The molecule has 24 heavy (non-hydrogen) atoms. The molecule has 8 nitrogen and oxygen atoms in total. The van der Waals surface area contributed by atoms with Crippen molar-refractivity contribution < 1.29 is 39.1 Å². The average molecular weight is 352 g/mol. The molecule has 3 N–H and O–H groups in total. The first-order chi connectivity index (χ1) is 11.5. The van der Waals surface area contributed by atoms with Gasteiger partial charge in [0.2, 0.25) is 0 Å². The molecule has 0 aliphatic carbocycles. The van der Waals surface area contributed by atoms with E-state index in [1.54, 1.807) is 0 Å². The quantitative estimate of drug-likeness (QED) is 0.225. The highest BCUT2D eigenvalue weighted by molar-refractivity contribution is 5.84. The number of ether oxygens (including phenoxy) is 4. The maximum Gasteiger partial charge on any atom is 0.330 e. The topological polar surface area (TPSA) is 115 Å². The monoisotopic (exact) mass is 352 g/mol. The van der Waals surface area contributed by atoms with Crippen LogP contribution in [-0.2, 0) is 23.7 Å². The van der Waals surface area contributed by atoms with Gasteiger partial charge in [0.25, 0.3) is 0 Å². The van der Waals surface area contributed by atoms with Crippen LogP contribution >= 0.6 is 0 Å². The Morgan fingerprint density at radius 2 is 1.54 bits per heavy atom. The Balaban J connectivity index is 0. The fourth-order valence-corrected chi connectivity index (χ4v) is 1.10. The van der Waals surface area contributed by atoms with E-state index in [4.69, 9.17) is 29.2 Å². The number of aliphatic hydroxyl groups excluding tert-OH is 2. The Kier molecular flexibility index (Phi) is 21.0. The Hall–Kier alpha value is -1.03. The summed E-state index contributed by atoms with van der Waals surface area (Å²) in [6.07, 6.45) is 1.12. The van der Waals surface area contributed by atoms with Crippen LogP contribution in [0.15, 0.2) is 12.2 Å². The summed E-state index contributed by atoms with van der Waals surface area (Å²) in [6, 6.07) is 0. The second kappa shape index (κ2) is 20.0. The number of rotatable bonds is 15. The summed E-state index contributed by atoms with van der Waals surface area (Å²) in [7, 11) is 0. The van der Waals surface area contributed by atoms with Crippen LogP contribution in [0.25, 0.3) is 0 Å². The molecule has 0 saturated carbocycles. The lowest BCUT2D eigenvalue weighted by atomic mass is 10.4. The van der Waals surface area contributed by atoms with E-state index in [2.05, 4.69) is 13.5 Å². The zero-order valence-corrected chi connectivity index (χ0v) is 14.7. The number of hydrogen-bond donors (Lipinski definition) is 3. The fraction of sp³-hybridized carbons (Fsp3) is 0.812. The summed E-state index contributed by atoms with van der Waals surface area (Å²) in [6.45, 7) is 9.53. The Labute approximate surface area is 144 Å². The molecular formula is C16H32O8. The summed E-state index contributed by atoms with van der Waals surface area (Å²) in [5, 5.41) is 25.7. The van der Waals surface area contributed by atoms with Gasteiger partial charge in [-0.05, 0) is 13.3 Å². The molecule has 1 unspecified atom stereocenters. The minimum atomic E-state index is -0.935. The number of carbonyl (C=O) groups is 1. The number of aliphatic hydroxyl groups is 2. The number of unbranched alkanes of at least 4 members (excludes halogenated alkanes) is 1. The normalized spacial score (nSPS) is 11.5. The highest BCUT2D eigenvalue weighted by Gasteiger charge is 2.03. The first-order valence-electron chi connectivity index (χ1n) is 7.98. The molecule has 0 aromatic rings. The lowest BCUT2D eigenvalue weighted by molar-refractivity contribution is -0.141. The standard InChI is InChI=1S/C12H26O6.C4H6O2/c1-2-3-5-18-12(14)11-17-10-9-16-8-7-15-6-4-13;1-3(2)4(5)6/h12-14H,2-11H2,1H3;1H2,2H3,(H,5,6). The van der Waals surface area contributed by atoms with Crippen LogP contribution < -0.4 is 0 Å². The number of hydrogen-bond acceptors (Lipinski definition) is 7. The van der Waals surface area contributed by atoms with Crippen molar-refractivity contribution in [2.45, 2.75) is 33.0 Å². The van der Waals surface area contributed by atoms with Crippen molar-refractivity contribution in [1.82, 2.24) is 0 Å². The van der Waals surface area contributed by atoms with E-state index >= 15 is 0 Å². The number of aliphatic carboxylic acids is 1. The van der Waals surface area contributed by atoms with Crippen LogP contribution in [0.4, 0.5) is 0 Å². The van der Waals surface area contributed by atoms with Gasteiger partial charge in [0.15, 0.2) is 6.29 Å². The molecule has 0 aliphatic heterocycles. The molecule has 0 saturated heterocycles. The van der Waals surface area contributed by atoms with E-state index in [9.17, 15) is 9.90 Å². The van der Waals surface area contributed by atoms with Crippen molar-refractivity contribution in [2.75, 3.05) is 52.9 Å². The predicted octanol–water partition coefficient (Wildman–Crippen LogP) is 0.811. The predicted molar refractivity (Wildman–Crippen MR) is 88.9 cm³/mol. The zero-order valence-electron chi connectivity index (χ0n) is 14.7. The maximum atomic E-state index is 9.60. The van der Waals surface area contributed by atoms with Crippen molar-refractivity contribution in [3.05, 3.63) is 12.2 Å². The van der Waals surface area contributed by atoms with Gasteiger partial charge in [0.05, 0.1) is 46.2 Å². The molecule has 0 aromatic carbocycles. The lowest BCUT2D eigenvalue weighted by Crippen LogP contribution is -2.21. The lowest BCUT2D eigenvalue weighted by Gasteiger charge is -2.12. The molecule has 0 amide bonds. The van der Waals surface area contributed by atoms with Gasteiger partial charge in [0, 0.05) is 12.2 Å². The number of carboxylic acids is 1. The molecule has 0 bridgehead atoms. The SMILES string of the molecule is C=C(C)C(=O)O.CCCCOC(O)COCCOCCOCCO. The highest BCUT2D eigenvalue weighted by Crippen LogP contribution is 1.93. The molecule has 1 atom stereocenters. The molecule has 0 radical (unpaired) electrons. The first-order valence-corrected chi connectivity index (χ1v) is 7.98. The first kappa shape index (κ1) is 25.2. The molecule has 0 spiro atoms. The Morgan fingerprint density at radius 3 is 2.00 bits per heavy atom. The Morgan fingerprint density at radius 1 is 1.04 bits per heavy atom. The van der Waals surface area contributed by atoms with Gasteiger partial charge in [-0.2, -0.15) is 0 Å². The largest absolute Gasteiger partial charge is 0.478 e. The van der Waals surface area contributed by atoms with Crippen molar-refractivity contribution >= 4 is 5.97 Å². The molecule has 0 fully saturated rings. The third-order valence-electron chi connectivity index (χ3n) is 2.41. The summed E-state index contributed by atoms with van der Waals surface area (Å²) < 4.78 is 20.5. The molecule has 0 aromatic heterocycles. The van der Waals surface area contributed by atoms with Gasteiger partial charge in [-0.3, -0.25) is 0 Å². The molecule has 8 heteroatoms. The highest BCUT2D eigenvalue weighted by atomic mass is 16.6. The van der Waals surface area contributed by atoms with E-state index in [-0.39, 0.29) is 18.8 Å². The Bertz CT molecular complexity index is 284. The van der Waals surface area contributed by atoms with Gasteiger partial charge in [-0.25, -0.2) is 4.79 Å². The summed E-state index contributed by atoms with van der Waals surface area (Å²) in [4.78, 5) is 9.60. The third-order valence-corrected chi connectivity index (χ3v) is 2.41. The van der Waals surface area contributed by atoms with Crippen molar-refractivity contribution in [2.24, 2.45) is 0 Å². The second-order valence-electron chi connectivity index (χ2n) is 4.79. The average Bonchev–Trinajstić information content (AvgIpc) is 2.54. The van der Waals surface area contributed by atoms with Gasteiger partial charge in [-0.1, -0.05) is 19.9 Å². The van der Waals surface area contributed by atoms with Crippen LogP contribution in [0, 0.1) is 0 Å². The second-order valence-corrected chi connectivity index (χ2v) is 4.79. The maximum absolute atomic E-state index is 9.60. The van der Waals surface area contributed by atoms with E-state index in [0.717, 1.165) is 12.8 Å². The number of carboxylic acid groups (broad SMARTS) is 1. The van der Waals surface area contributed by atoms with Gasteiger partial charge in [0.1, 0.15) is 0 Å².